The molecule has 8 nitrogen and oxygen atoms in total. The van der Waals surface area contributed by atoms with Crippen molar-refractivity contribution in [2.45, 2.75) is 44.6 Å². The van der Waals surface area contributed by atoms with E-state index in [2.05, 4.69) is 0 Å². The number of nitro benzene ring substituents is 1. The van der Waals surface area contributed by atoms with Crippen LogP contribution >= 0.6 is 0 Å². The van der Waals surface area contributed by atoms with E-state index in [9.17, 15) is 23.3 Å². The zero-order valence-corrected chi connectivity index (χ0v) is 19.1. The van der Waals surface area contributed by atoms with E-state index in [4.69, 9.17) is 0 Å². The van der Waals surface area contributed by atoms with Crippen molar-refractivity contribution in [2.24, 2.45) is 0 Å². The second kappa shape index (κ2) is 10.5. The molecular formula is C22H29N3O5S. The largest absolute Gasteiger partial charge is 0.339 e. The molecule has 0 radical (unpaired) electrons. The van der Waals surface area contributed by atoms with Crippen molar-refractivity contribution in [3.05, 3.63) is 69.8 Å². The Morgan fingerprint density at radius 1 is 1.10 bits per heavy atom. The van der Waals surface area contributed by atoms with Crippen molar-refractivity contribution in [3.63, 3.8) is 0 Å². The van der Waals surface area contributed by atoms with Gasteiger partial charge in [-0.3, -0.25) is 14.9 Å². The molecule has 0 fully saturated rings. The average Bonchev–Trinajstić information content (AvgIpc) is 2.77. The van der Waals surface area contributed by atoms with E-state index >= 15 is 0 Å². The number of aryl methyl sites for hydroxylation is 1. The van der Waals surface area contributed by atoms with Crippen molar-refractivity contribution >= 4 is 21.6 Å². The number of sulfonamides is 1. The third kappa shape index (κ3) is 5.89. The minimum atomic E-state index is -3.50. The molecule has 0 saturated heterocycles. The summed E-state index contributed by atoms with van der Waals surface area (Å²) in [7, 11) is -1.83. The molecule has 2 rings (SSSR count). The normalized spacial score (nSPS) is 12.5. The molecule has 1 unspecified atom stereocenters. The molecule has 0 aliphatic carbocycles. The van der Waals surface area contributed by atoms with Gasteiger partial charge >= 0.3 is 0 Å². The van der Waals surface area contributed by atoms with Crippen LogP contribution in [0.1, 0.15) is 44.4 Å². The predicted octanol–water partition coefficient (Wildman–Crippen LogP) is 3.78. The third-order valence-corrected chi connectivity index (χ3v) is 7.50. The van der Waals surface area contributed by atoms with Gasteiger partial charge in [0.1, 0.15) is 0 Å². The Hall–Kier alpha value is -2.78. The lowest BCUT2D eigenvalue weighted by atomic mass is 10.1. The number of carbonyl (C=O) groups is 1. The average molecular weight is 448 g/mol. The van der Waals surface area contributed by atoms with E-state index in [1.54, 1.807) is 62.2 Å². The minimum Gasteiger partial charge on any atom is -0.339 e. The molecule has 0 N–H and O–H groups in total. The number of amides is 1. The number of non-ortho nitro benzene ring substituents is 1. The quantitative estimate of drug-likeness (QED) is 0.407. The minimum absolute atomic E-state index is 0.00930. The van der Waals surface area contributed by atoms with Gasteiger partial charge in [0.05, 0.1) is 15.9 Å². The van der Waals surface area contributed by atoms with Crippen molar-refractivity contribution in [3.8, 4) is 0 Å². The van der Waals surface area contributed by atoms with E-state index in [1.165, 1.54) is 16.4 Å². The van der Waals surface area contributed by atoms with Crippen LogP contribution < -0.4 is 0 Å². The van der Waals surface area contributed by atoms with E-state index in [-0.39, 0.29) is 29.0 Å². The van der Waals surface area contributed by atoms with E-state index in [0.29, 0.717) is 25.1 Å². The lowest BCUT2D eigenvalue weighted by Crippen LogP contribution is -2.30. The maximum atomic E-state index is 12.6. The zero-order chi connectivity index (χ0) is 23.2. The van der Waals surface area contributed by atoms with Gasteiger partial charge in [0.25, 0.3) is 5.69 Å². The van der Waals surface area contributed by atoms with Crippen LogP contribution in [0.2, 0.25) is 0 Å². The predicted molar refractivity (Wildman–Crippen MR) is 119 cm³/mol. The molecule has 0 heterocycles. The zero-order valence-electron chi connectivity index (χ0n) is 18.3. The molecule has 0 aromatic heterocycles. The van der Waals surface area contributed by atoms with E-state index in [1.807, 2.05) is 6.92 Å². The van der Waals surface area contributed by atoms with Gasteiger partial charge in [-0.25, -0.2) is 8.42 Å². The third-order valence-electron chi connectivity index (χ3n) is 5.43. The Kier molecular flexibility index (Phi) is 8.29. The fourth-order valence-corrected chi connectivity index (χ4v) is 4.76. The van der Waals surface area contributed by atoms with Crippen molar-refractivity contribution < 1.29 is 18.1 Å². The fourth-order valence-electron chi connectivity index (χ4n) is 3.31. The molecule has 0 aliphatic heterocycles. The fraction of sp³-hybridized carbons (Fsp3) is 0.409. The van der Waals surface area contributed by atoms with E-state index < -0.39 is 14.9 Å². The first-order valence-electron chi connectivity index (χ1n) is 10.2. The molecule has 168 valence electrons. The van der Waals surface area contributed by atoms with Crippen molar-refractivity contribution in [2.75, 3.05) is 20.1 Å². The summed E-state index contributed by atoms with van der Waals surface area (Å²) in [6, 6.07) is 12.6. The van der Waals surface area contributed by atoms with Crippen LogP contribution in [0.3, 0.4) is 0 Å². The number of benzene rings is 2. The van der Waals surface area contributed by atoms with Crippen LogP contribution in [0.5, 0.6) is 0 Å². The van der Waals surface area contributed by atoms with Gasteiger partial charge in [-0.1, -0.05) is 38.1 Å². The van der Waals surface area contributed by atoms with Gasteiger partial charge in [0.15, 0.2) is 0 Å². The number of nitrogens with zero attached hydrogens (tertiary/aromatic N) is 3. The summed E-state index contributed by atoms with van der Waals surface area (Å²) in [6.07, 6.45) is 0.717. The highest BCUT2D eigenvalue weighted by molar-refractivity contribution is 7.89. The summed E-state index contributed by atoms with van der Waals surface area (Å²) in [4.78, 5) is 25.0. The Bertz CT molecular complexity index is 1020. The van der Waals surface area contributed by atoms with Crippen LogP contribution in [0.25, 0.3) is 0 Å². The standard InChI is InChI=1S/C22H29N3O5S/c1-5-24(6-2)31(29,30)21-13-10-18(11-14-21)12-15-22(26)23(4)17(3)19-8-7-9-20(16-19)25(27)28/h7-11,13-14,16-17H,5-6,12,15H2,1-4H3. The summed E-state index contributed by atoms with van der Waals surface area (Å²) in [5, 5.41) is 11.0. The van der Waals surface area contributed by atoms with Crippen LogP contribution in [-0.2, 0) is 21.2 Å². The number of nitro groups is 1. The van der Waals surface area contributed by atoms with Gasteiger partial charge in [0.2, 0.25) is 15.9 Å². The van der Waals surface area contributed by atoms with Crippen LogP contribution in [0.15, 0.2) is 53.4 Å². The molecule has 31 heavy (non-hydrogen) atoms. The van der Waals surface area contributed by atoms with Gasteiger partial charge < -0.3 is 4.90 Å². The first-order chi connectivity index (χ1) is 14.6. The van der Waals surface area contributed by atoms with E-state index in [0.717, 1.165) is 5.56 Å². The maximum Gasteiger partial charge on any atom is 0.269 e. The molecule has 9 heteroatoms. The molecule has 2 aromatic carbocycles. The van der Waals surface area contributed by atoms with Gasteiger partial charge in [0, 0.05) is 38.7 Å². The molecule has 1 atom stereocenters. The Balaban J connectivity index is 2.02. The Labute approximate surface area is 183 Å². The van der Waals surface area contributed by atoms with Crippen LogP contribution in [-0.4, -0.2) is 48.6 Å². The molecule has 0 spiro atoms. The summed E-state index contributed by atoms with van der Waals surface area (Å²) >= 11 is 0. The summed E-state index contributed by atoms with van der Waals surface area (Å²) in [5.41, 5.74) is 1.55. The Morgan fingerprint density at radius 3 is 2.26 bits per heavy atom. The van der Waals surface area contributed by atoms with Gasteiger partial charge in [-0.2, -0.15) is 4.31 Å². The molecule has 0 bridgehead atoms. The second-order valence-electron chi connectivity index (χ2n) is 7.27. The topological polar surface area (TPSA) is 101 Å². The van der Waals surface area contributed by atoms with Crippen LogP contribution in [0.4, 0.5) is 5.69 Å². The summed E-state index contributed by atoms with van der Waals surface area (Å²) < 4.78 is 26.5. The second-order valence-corrected chi connectivity index (χ2v) is 9.20. The van der Waals surface area contributed by atoms with Crippen molar-refractivity contribution in [1.82, 2.24) is 9.21 Å². The molecular weight excluding hydrogens is 418 g/mol. The molecule has 0 aliphatic rings. The summed E-state index contributed by atoms with van der Waals surface area (Å²) in [6.45, 7) is 6.23. The first kappa shape index (κ1) is 24.5. The summed E-state index contributed by atoms with van der Waals surface area (Å²) in [5.74, 6) is -0.0983. The highest BCUT2D eigenvalue weighted by atomic mass is 32.2. The smallest absolute Gasteiger partial charge is 0.269 e. The molecule has 1 amide bonds. The number of hydrogen-bond donors (Lipinski definition) is 0. The number of hydrogen-bond acceptors (Lipinski definition) is 5. The Morgan fingerprint density at radius 2 is 1.71 bits per heavy atom. The number of carbonyl (C=O) groups excluding carboxylic acids is 1. The first-order valence-corrected chi connectivity index (χ1v) is 11.6. The van der Waals surface area contributed by atoms with Crippen molar-refractivity contribution in [1.29, 1.82) is 0 Å². The maximum absolute atomic E-state index is 12.6. The lowest BCUT2D eigenvalue weighted by molar-refractivity contribution is -0.384. The highest BCUT2D eigenvalue weighted by Crippen LogP contribution is 2.24. The molecule has 2 aromatic rings. The van der Waals surface area contributed by atoms with Gasteiger partial charge in [-0.15, -0.1) is 0 Å². The molecule has 0 saturated carbocycles. The highest BCUT2D eigenvalue weighted by Gasteiger charge is 2.22. The lowest BCUT2D eigenvalue weighted by Gasteiger charge is -2.25. The SMILES string of the molecule is CCN(CC)S(=O)(=O)c1ccc(CCC(=O)N(C)C(C)c2cccc([N+](=O)[O-])c2)cc1. The number of rotatable bonds is 10. The van der Waals surface area contributed by atoms with Gasteiger partial charge in [-0.05, 0) is 36.6 Å². The van der Waals surface area contributed by atoms with Crippen LogP contribution in [0, 0.1) is 10.1 Å². The monoisotopic (exact) mass is 447 g/mol.